The summed E-state index contributed by atoms with van der Waals surface area (Å²) in [6, 6.07) is 8.02. The first kappa shape index (κ1) is 13.9. The molecular formula is C13H17BrN2OS. The quantitative estimate of drug-likeness (QED) is 0.815. The van der Waals surface area contributed by atoms with E-state index in [0.717, 1.165) is 11.0 Å². The van der Waals surface area contributed by atoms with Gasteiger partial charge in [-0.25, -0.2) is 0 Å². The van der Waals surface area contributed by atoms with E-state index >= 15 is 0 Å². The second-order valence-electron chi connectivity index (χ2n) is 4.28. The van der Waals surface area contributed by atoms with Gasteiger partial charge in [0.05, 0.1) is 0 Å². The van der Waals surface area contributed by atoms with E-state index in [1.165, 1.54) is 17.9 Å². The Hall–Kier alpha value is -0.520. The van der Waals surface area contributed by atoms with E-state index in [0.29, 0.717) is 18.2 Å². The van der Waals surface area contributed by atoms with Crippen LogP contribution in [0.15, 0.2) is 28.7 Å². The van der Waals surface area contributed by atoms with Gasteiger partial charge in [-0.05, 0) is 36.4 Å². The van der Waals surface area contributed by atoms with Gasteiger partial charge >= 0.3 is 0 Å². The van der Waals surface area contributed by atoms with Crippen molar-refractivity contribution in [2.24, 2.45) is 0 Å². The van der Waals surface area contributed by atoms with Crippen LogP contribution in [0.3, 0.4) is 0 Å². The molecule has 5 heteroatoms. The molecule has 1 heterocycles. The molecule has 0 spiro atoms. The number of benzene rings is 1. The highest BCUT2D eigenvalue weighted by atomic mass is 79.9. The molecule has 1 aliphatic rings. The molecule has 1 aromatic carbocycles. The van der Waals surface area contributed by atoms with Crippen molar-refractivity contribution in [1.82, 2.24) is 10.6 Å². The topological polar surface area (TPSA) is 41.1 Å². The number of halogens is 1. The van der Waals surface area contributed by atoms with E-state index in [9.17, 15) is 4.79 Å². The fourth-order valence-electron chi connectivity index (χ4n) is 1.85. The van der Waals surface area contributed by atoms with Crippen LogP contribution in [0.1, 0.15) is 16.8 Å². The second-order valence-corrected chi connectivity index (χ2v) is 6.34. The lowest BCUT2D eigenvalue weighted by Crippen LogP contribution is -2.37. The molecule has 0 unspecified atom stereocenters. The Bertz CT molecular complexity index is 390. The zero-order valence-electron chi connectivity index (χ0n) is 10.1. The standard InChI is InChI=1S/C13H17BrN2OS/c14-11-3-1-10(2-4-11)13(17)16-7-6-15-12-5-8-18-9-12/h1-4,12,15H,5-9H2,(H,16,17)/t12-/m0/s1. The fraction of sp³-hybridized carbons (Fsp3) is 0.462. The van der Waals surface area contributed by atoms with E-state index in [-0.39, 0.29) is 5.91 Å². The smallest absolute Gasteiger partial charge is 0.251 e. The van der Waals surface area contributed by atoms with Gasteiger partial charge in [0.1, 0.15) is 0 Å². The summed E-state index contributed by atoms with van der Waals surface area (Å²) in [5, 5.41) is 6.37. The molecule has 0 aromatic heterocycles. The minimum Gasteiger partial charge on any atom is -0.351 e. The van der Waals surface area contributed by atoms with Crippen molar-refractivity contribution in [3.8, 4) is 0 Å². The van der Waals surface area contributed by atoms with Crippen molar-refractivity contribution in [2.45, 2.75) is 12.5 Å². The molecule has 1 atom stereocenters. The number of thioether (sulfide) groups is 1. The van der Waals surface area contributed by atoms with Crippen molar-refractivity contribution in [3.05, 3.63) is 34.3 Å². The SMILES string of the molecule is O=C(NCCN[C@H]1CCSC1)c1ccc(Br)cc1. The van der Waals surface area contributed by atoms with Crippen LogP contribution in [0.25, 0.3) is 0 Å². The Balaban J connectivity index is 1.66. The number of hydrogen-bond donors (Lipinski definition) is 2. The third-order valence-electron chi connectivity index (χ3n) is 2.88. The molecule has 3 nitrogen and oxygen atoms in total. The molecule has 18 heavy (non-hydrogen) atoms. The summed E-state index contributed by atoms with van der Waals surface area (Å²) in [7, 11) is 0. The minimum absolute atomic E-state index is 0.00917. The first-order chi connectivity index (χ1) is 8.75. The number of carbonyl (C=O) groups is 1. The molecule has 1 saturated heterocycles. The average Bonchev–Trinajstić information content (AvgIpc) is 2.88. The van der Waals surface area contributed by atoms with Crippen molar-refractivity contribution in [3.63, 3.8) is 0 Å². The van der Waals surface area contributed by atoms with Crippen molar-refractivity contribution in [1.29, 1.82) is 0 Å². The first-order valence-corrected chi connectivity index (χ1v) is 8.05. The molecular weight excluding hydrogens is 312 g/mol. The molecule has 0 aliphatic carbocycles. The summed E-state index contributed by atoms with van der Waals surface area (Å²) in [6.45, 7) is 1.52. The van der Waals surface area contributed by atoms with Crippen LogP contribution in [0, 0.1) is 0 Å². The van der Waals surface area contributed by atoms with Gasteiger partial charge in [-0.2, -0.15) is 11.8 Å². The van der Waals surface area contributed by atoms with Crippen LogP contribution >= 0.6 is 27.7 Å². The van der Waals surface area contributed by atoms with Gasteiger partial charge in [0.25, 0.3) is 5.91 Å². The molecule has 0 saturated carbocycles. The number of carbonyl (C=O) groups excluding carboxylic acids is 1. The van der Waals surface area contributed by atoms with Gasteiger partial charge in [-0.15, -0.1) is 0 Å². The Morgan fingerprint density at radius 3 is 2.78 bits per heavy atom. The maximum atomic E-state index is 11.8. The molecule has 2 rings (SSSR count). The van der Waals surface area contributed by atoms with Gasteiger partial charge in [-0.1, -0.05) is 15.9 Å². The predicted molar refractivity (Wildman–Crippen MR) is 80.2 cm³/mol. The zero-order chi connectivity index (χ0) is 12.8. The molecule has 1 fully saturated rings. The monoisotopic (exact) mass is 328 g/mol. The first-order valence-electron chi connectivity index (χ1n) is 6.10. The molecule has 0 radical (unpaired) electrons. The van der Waals surface area contributed by atoms with Gasteiger partial charge in [0, 0.05) is 34.9 Å². The Morgan fingerprint density at radius 2 is 2.11 bits per heavy atom. The molecule has 98 valence electrons. The van der Waals surface area contributed by atoms with E-state index in [4.69, 9.17) is 0 Å². The van der Waals surface area contributed by atoms with E-state index in [1.807, 2.05) is 36.0 Å². The highest BCUT2D eigenvalue weighted by Crippen LogP contribution is 2.16. The van der Waals surface area contributed by atoms with Gasteiger partial charge < -0.3 is 10.6 Å². The summed E-state index contributed by atoms with van der Waals surface area (Å²) in [5.41, 5.74) is 0.703. The maximum absolute atomic E-state index is 11.8. The molecule has 2 N–H and O–H groups in total. The van der Waals surface area contributed by atoms with Crippen LogP contribution in [-0.4, -0.2) is 36.5 Å². The average molecular weight is 329 g/mol. The summed E-state index contributed by atoms with van der Waals surface area (Å²) in [4.78, 5) is 11.8. The van der Waals surface area contributed by atoms with E-state index in [2.05, 4.69) is 26.6 Å². The third kappa shape index (κ3) is 4.30. The number of rotatable bonds is 5. The van der Waals surface area contributed by atoms with E-state index in [1.54, 1.807) is 0 Å². The zero-order valence-corrected chi connectivity index (χ0v) is 12.5. The van der Waals surface area contributed by atoms with Crippen molar-refractivity contribution < 1.29 is 4.79 Å². The lowest BCUT2D eigenvalue weighted by molar-refractivity contribution is 0.0953. The third-order valence-corrected chi connectivity index (χ3v) is 4.57. The second kappa shape index (κ2) is 7.16. The highest BCUT2D eigenvalue weighted by Gasteiger charge is 2.13. The number of hydrogen-bond acceptors (Lipinski definition) is 3. The Labute approximate surface area is 120 Å². The van der Waals surface area contributed by atoms with Gasteiger partial charge in [-0.3, -0.25) is 4.79 Å². The summed E-state index contributed by atoms with van der Waals surface area (Å²) >= 11 is 5.34. The summed E-state index contributed by atoms with van der Waals surface area (Å²) in [5.74, 6) is 2.44. The van der Waals surface area contributed by atoms with Crippen molar-refractivity contribution >= 4 is 33.6 Å². The maximum Gasteiger partial charge on any atom is 0.251 e. The van der Waals surface area contributed by atoms with Gasteiger partial charge in [0.2, 0.25) is 0 Å². The Morgan fingerprint density at radius 1 is 1.33 bits per heavy atom. The predicted octanol–water partition coefficient (Wildman–Crippen LogP) is 2.27. The van der Waals surface area contributed by atoms with Crippen LogP contribution in [0.2, 0.25) is 0 Å². The van der Waals surface area contributed by atoms with Gasteiger partial charge in [0.15, 0.2) is 0 Å². The van der Waals surface area contributed by atoms with Crippen LogP contribution in [0.5, 0.6) is 0 Å². The minimum atomic E-state index is -0.00917. The normalized spacial score (nSPS) is 18.8. The van der Waals surface area contributed by atoms with Crippen LogP contribution < -0.4 is 10.6 Å². The fourth-order valence-corrected chi connectivity index (χ4v) is 3.30. The Kier molecular flexibility index (Phi) is 5.53. The number of amides is 1. The lowest BCUT2D eigenvalue weighted by Gasteiger charge is -2.11. The molecule has 1 aliphatic heterocycles. The molecule has 0 bridgehead atoms. The summed E-state index contributed by atoms with van der Waals surface area (Å²) in [6.07, 6.45) is 1.24. The van der Waals surface area contributed by atoms with Crippen molar-refractivity contribution in [2.75, 3.05) is 24.6 Å². The number of nitrogens with one attached hydrogen (secondary N) is 2. The molecule has 1 aromatic rings. The highest BCUT2D eigenvalue weighted by molar-refractivity contribution is 9.10. The van der Waals surface area contributed by atoms with Crippen LogP contribution in [-0.2, 0) is 0 Å². The van der Waals surface area contributed by atoms with Crippen LogP contribution in [0.4, 0.5) is 0 Å². The largest absolute Gasteiger partial charge is 0.351 e. The van der Waals surface area contributed by atoms with E-state index < -0.39 is 0 Å². The summed E-state index contributed by atoms with van der Waals surface area (Å²) < 4.78 is 0.986. The lowest BCUT2D eigenvalue weighted by atomic mass is 10.2. The molecule has 1 amide bonds.